The smallest absolute Gasteiger partial charge is 0.339 e. The average Bonchev–Trinajstić information content (AvgIpc) is 2.74. The van der Waals surface area contributed by atoms with Crippen molar-refractivity contribution in [3.8, 4) is 10.6 Å². The fraction of sp³-hybridized carbons (Fsp3) is 0.231. The summed E-state index contributed by atoms with van der Waals surface area (Å²) in [5.74, 6) is -0.352. The monoisotopic (exact) mass is 247 g/mol. The van der Waals surface area contributed by atoms with E-state index in [1.165, 1.54) is 12.7 Å². The van der Waals surface area contributed by atoms with E-state index in [1.807, 2.05) is 13.0 Å². The lowest BCUT2D eigenvalue weighted by molar-refractivity contribution is 0.0600. The van der Waals surface area contributed by atoms with Gasteiger partial charge in [-0.15, -0.1) is 11.3 Å². The van der Waals surface area contributed by atoms with Gasteiger partial charge in [-0.1, -0.05) is 0 Å². The maximum Gasteiger partial charge on any atom is 0.339 e. The normalized spacial score (nSPS) is 10.3. The van der Waals surface area contributed by atoms with Crippen LogP contribution in [0.15, 0.2) is 23.7 Å². The van der Waals surface area contributed by atoms with Crippen molar-refractivity contribution in [3.63, 3.8) is 0 Å². The summed E-state index contributed by atoms with van der Waals surface area (Å²) in [5.41, 5.74) is 3.62. The molecule has 0 amide bonds. The van der Waals surface area contributed by atoms with Crippen LogP contribution in [0.25, 0.3) is 10.6 Å². The molecule has 0 atom stereocenters. The molecule has 17 heavy (non-hydrogen) atoms. The number of aryl methyl sites for hydroxylation is 2. The number of rotatable bonds is 2. The van der Waals surface area contributed by atoms with Crippen molar-refractivity contribution >= 4 is 17.3 Å². The topological polar surface area (TPSA) is 39.2 Å². The van der Waals surface area contributed by atoms with Gasteiger partial charge in [-0.05, 0) is 42.5 Å². The molecular formula is C13H13NO2S. The Morgan fingerprint density at radius 2 is 2.12 bits per heavy atom. The molecular weight excluding hydrogens is 234 g/mol. The van der Waals surface area contributed by atoms with Gasteiger partial charge in [-0.25, -0.2) is 4.79 Å². The Balaban J connectivity index is 2.41. The van der Waals surface area contributed by atoms with Gasteiger partial charge in [0.25, 0.3) is 0 Å². The van der Waals surface area contributed by atoms with Gasteiger partial charge in [0.05, 0.1) is 23.2 Å². The summed E-state index contributed by atoms with van der Waals surface area (Å²) < 4.78 is 4.66. The van der Waals surface area contributed by atoms with Crippen molar-refractivity contribution in [3.05, 3.63) is 40.4 Å². The SMILES string of the molecule is COC(=O)c1cnc(-c2cc(C)cs2)c(C)c1. The highest BCUT2D eigenvalue weighted by Gasteiger charge is 2.11. The van der Waals surface area contributed by atoms with Crippen LogP contribution in [-0.2, 0) is 4.74 Å². The molecule has 0 fully saturated rings. The van der Waals surface area contributed by atoms with Gasteiger partial charge in [-0.3, -0.25) is 4.98 Å². The van der Waals surface area contributed by atoms with E-state index in [0.29, 0.717) is 5.56 Å². The van der Waals surface area contributed by atoms with Gasteiger partial charge in [0.15, 0.2) is 0 Å². The number of hydrogen-bond donors (Lipinski definition) is 0. The van der Waals surface area contributed by atoms with Crippen molar-refractivity contribution < 1.29 is 9.53 Å². The Morgan fingerprint density at radius 3 is 2.65 bits per heavy atom. The summed E-state index contributed by atoms with van der Waals surface area (Å²) in [7, 11) is 1.37. The van der Waals surface area contributed by atoms with Crippen molar-refractivity contribution in [2.24, 2.45) is 0 Å². The number of carbonyl (C=O) groups is 1. The Kier molecular flexibility index (Phi) is 3.24. The highest BCUT2D eigenvalue weighted by molar-refractivity contribution is 7.13. The van der Waals surface area contributed by atoms with E-state index in [9.17, 15) is 4.79 Å². The van der Waals surface area contributed by atoms with Crippen LogP contribution >= 0.6 is 11.3 Å². The number of hydrogen-bond acceptors (Lipinski definition) is 4. The molecule has 0 radical (unpaired) electrons. The van der Waals surface area contributed by atoms with E-state index in [0.717, 1.165) is 16.1 Å². The number of ether oxygens (including phenoxy) is 1. The lowest BCUT2D eigenvalue weighted by atomic mass is 10.1. The van der Waals surface area contributed by atoms with Crippen LogP contribution < -0.4 is 0 Å². The largest absolute Gasteiger partial charge is 0.465 e. The molecule has 2 aromatic heterocycles. The van der Waals surface area contributed by atoms with Crippen molar-refractivity contribution in [2.45, 2.75) is 13.8 Å². The molecule has 0 aliphatic carbocycles. The number of thiophene rings is 1. The van der Waals surface area contributed by atoms with Gasteiger partial charge in [0, 0.05) is 6.20 Å². The van der Waals surface area contributed by atoms with Crippen molar-refractivity contribution in [1.82, 2.24) is 4.98 Å². The summed E-state index contributed by atoms with van der Waals surface area (Å²) in [5, 5.41) is 2.09. The number of esters is 1. The lowest BCUT2D eigenvalue weighted by Gasteiger charge is -2.04. The highest BCUT2D eigenvalue weighted by Crippen LogP contribution is 2.28. The minimum absolute atomic E-state index is 0.352. The van der Waals surface area contributed by atoms with Crippen LogP contribution in [0.5, 0.6) is 0 Å². The first kappa shape index (κ1) is 11.8. The molecule has 4 heteroatoms. The summed E-state index contributed by atoms with van der Waals surface area (Å²) >= 11 is 1.66. The molecule has 0 aliphatic heterocycles. The molecule has 0 aliphatic rings. The fourth-order valence-electron chi connectivity index (χ4n) is 1.62. The van der Waals surface area contributed by atoms with E-state index in [2.05, 4.69) is 28.1 Å². The molecule has 0 aromatic carbocycles. The van der Waals surface area contributed by atoms with Gasteiger partial charge >= 0.3 is 5.97 Å². The number of pyridine rings is 1. The van der Waals surface area contributed by atoms with E-state index in [-0.39, 0.29) is 5.97 Å². The Hall–Kier alpha value is -1.68. The van der Waals surface area contributed by atoms with Crippen LogP contribution in [0.2, 0.25) is 0 Å². The minimum Gasteiger partial charge on any atom is -0.465 e. The van der Waals surface area contributed by atoms with E-state index >= 15 is 0 Å². The zero-order valence-corrected chi connectivity index (χ0v) is 10.8. The number of aromatic nitrogens is 1. The molecule has 3 nitrogen and oxygen atoms in total. The third-order valence-corrected chi connectivity index (χ3v) is 3.52. The average molecular weight is 247 g/mol. The van der Waals surface area contributed by atoms with Crippen molar-refractivity contribution in [1.29, 1.82) is 0 Å². The zero-order chi connectivity index (χ0) is 12.4. The van der Waals surface area contributed by atoms with Gasteiger partial charge < -0.3 is 4.74 Å². The Bertz CT molecular complexity index is 560. The van der Waals surface area contributed by atoms with Crippen molar-refractivity contribution in [2.75, 3.05) is 7.11 Å². The quantitative estimate of drug-likeness (QED) is 0.765. The molecule has 0 saturated carbocycles. The van der Waals surface area contributed by atoms with Crippen LogP contribution in [-0.4, -0.2) is 18.1 Å². The first-order valence-electron chi connectivity index (χ1n) is 5.22. The van der Waals surface area contributed by atoms with E-state index < -0.39 is 0 Å². The molecule has 88 valence electrons. The summed E-state index contributed by atoms with van der Waals surface area (Å²) in [6, 6.07) is 3.90. The second-order valence-electron chi connectivity index (χ2n) is 3.87. The number of nitrogens with zero attached hydrogens (tertiary/aromatic N) is 1. The van der Waals surface area contributed by atoms with E-state index in [4.69, 9.17) is 0 Å². The summed E-state index contributed by atoms with van der Waals surface area (Å²) in [6.07, 6.45) is 1.56. The molecule has 0 unspecified atom stereocenters. The summed E-state index contributed by atoms with van der Waals surface area (Å²) in [6.45, 7) is 4.00. The first-order chi connectivity index (χ1) is 8.11. The third-order valence-electron chi connectivity index (χ3n) is 2.46. The molecule has 0 N–H and O–H groups in total. The molecule has 2 aromatic rings. The van der Waals surface area contributed by atoms with Gasteiger partial charge in [0.1, 0.15) is 0 Å². The molecule has 0 spiro atoms. The fourth-order valence-corrected chi connectivity index (χ4v) is 2.58. The molecule has 0 saturated heterocycles. The highest BCUT2D eigenvalue weighted by atomic mass is 32.1. The van der Waals surface area contributed by atoms with Gasteiger partial charge in [-0.2, -0.15) is 0 Å². The second-order valence-corrected chi connectivity index (χ2v) is 4.78. The first-order valence-corrected chi connectivity index (χ1v) is 6.10. The molecule has 0 bridgehead atoms. The summed E-state index contributed by atoms with van der Waals surface area (Å²) in [4.78, 5) is 16.8. The standard InChI is InChI=1S/C13H13NO2S/c1-8-4-11(17-7-8)12-9(2)5-10(6-14-12)13(15)16-3/h4-7H,1-3H3. The molecule has 2 rings (SSSR count). The Morgan fingerprint density at radius 1 is 1.35 bits per heavy atom. The lowest BCUT2D eigenvalue weighted by Crippen LogP contribution is -2.02. The number of methoxy groups -OCH3 is 1. The van der Waals surface area contributed by atoms with Gasteiger partial charge in [0.2, 0.25) is 0 Å². The van der Waals surface area contributed by atoms with Crippen LogP contribution in [0.1, 0.15) is 21.5 Å². The third kappa shape index (κ3) is 2.36. The Labute approximate surface area is 104 Å². The minimum atomic E-state index is -0.352. The number of carbonyl (C=O) groups excluding carboxylic acids is 1. The predicted octanol–water partition coefficient (Wildman–Crippen LogP) is 3.21. The molecule has 2 heterocycles. The maximum absolute atomic E-state index is 11.4. The van der Waals surface area contributed by atoms with Crippen LogP contribution in [0.3, 0.4) is 0 Å². The zero-order valence-electron chi connectivity index (χ0n) is 9.98. The van der Waals surface area contributed by atoms with E-state index in [1.54, 1.807) is 17.5 Å². The predicted molar refractivity (Wildman–Crippen MR) is 68.4 cm³/mol. The second kappa shape index (κ2) is 4.67. The maximum atomic E-state index is 11.4. The van der Waals surface area contributed by atoms with Crippen LogP contribution in [0, 0.1) is 13.8 Å². The van der Waals surface area contributed by atoms with Crippen LogP contribution in [0.4, 0.5) is 0 Å².